The molecule has 0 radical (unpaired) electrons. The molecule has 7 heteroatoms. The molecule has 4 rings (SSSR count). The molecular formula is C22H16FN3O3. The van der Waals surface area contributed by atoms with Crippen LogP contribution < -0.4 is 5.56 Å². The zero-order valence-corrected chi connectivity index (χ0v) is 15.3. The van der Waals surface area contributed by atoms with Crippen molar-refractivity contribution in [1.29, 1.82) is 5.26 Å². The Kier molecular flexibility index (Phi) is 4.63. The van der Waals surface area contributed by atoms with E-state index in [-0.39, 0.29) is 36.9 Å². The van der Waals surface area contributed by atoms with Crippen molar-refractivity contribution in [1.82, 2.24) is 9.55 Å². The molecule has 2 heterocycles. The van der Waals surface area contributed by atoms with Gasteiger partial charge in [-0.25, -0.2) is 9.37 Å². The van der Waals surface area contributed by atoms with Crippen LogP contribution in [-0.2, 0) is 13.0 Å². The van der Waals surface area contributed by atoms with Gasteiger partial charge in [0.2, 0.25) is 0 Å². The molecular weight excluding hydrogens is 373 g/mol. The normalized spacial score (nSPS) is 15.0. The van der Waals surface area contributed by atoms with E-state index in [1.807, 2.05) is 6.07 Å². The van der Waals surface area contributed by atoms with E-state index in [2.05, 4.69) is 16.8 Å². The van der Waals surface area contributed by atoms with Crippen molar-refractivity contribution in [3.8, 4) is 17.9 Å². The fourth-order valence-electron chi connectivity index (χ4n) is 3.35. The molecule has 2 N–H and O–H groups in total. The number of aliphatic hydroxyl groups is 2. The molecule has 0 amide bonds. The van der Waals surface area contributed by atoms with Crippen LogP contribution in [0.2, 0.25) is 0 Å². The van der Waals surface area contributed by atoms with Crippen LogP contribution in [0.3, 0.4) is 0 Å². The summed E-state index contributed by atoms with van der Waals surface area (Å²) in [5.41, 5.74) is 1.39. The lowest BCUT2D eigenvalue weighted by Gasteiger charge is -2.17. The second kappa shape index (κ2) is 7.14. The van der Waals surface area contributed by atoms with Gasteiger partial charge in [-0.1, -0.05) is 11.8 Å². The maximum absolute atomic E-state index is 13.3. The Morgan fingerprint density at radius 2 is 1.93 bits per heavy atom. The molecule has 1 aliphatic rings. The minimum absolute atomic E-state index is 0.0650. The number of nitrogens with zero attached hydrogens (tertiary/aromatic N) is 3. The summed E-state index contributed by atoms with van der Waals surface area (Å²) in [6, 6.07) is 10.7. The van der Waals surface area contributed by atoms with Crippen LogP contribution in [0.4, 0.5) is 4.39 Å². The van der Waals surface area contributed by atoms with Crippen molar-refractivity contribution in [2.75, 3.05) is 0 Å². The van der Waals surface area contributed by atoms with Gasteiger partial charge in [0.15, 0.2) is 5.79 Å². The molecule has 0 bridgehead atoms. The van der Waals surface area contributed by atoms with Gasteiger partial charge in [-0.2, -0.15) is 5.26 Å². The number of nitriles is 1. The Labute approximate surface area is 165 Å². The smallest absolute Gasteiger partial charge is 0.261 e. The molecule has 3 aromatic rings. The van der Waals surface area contributed by atoms with Crippen LogP contribution in [-0.4, -0.2) is 25.6 Å². The SMILES string of the molecule is N#Cc1cc(F)ccc1C#Cc1ccc2c(=O)n3c(nc2c1)CCC(O)(O)CC3. The zero-order valence-electron chi connectivity index (χ0n) is 15.3. The molecule has 2 aromatic carbocycles. The highest BCUT2D eigenvalue weighted by Gasteiger charge is 2.28. The maximum Gasteiger partial charge on any atom is 0.261 e. The second-order valence-electron chi connectivity index (χ2n) is 7.00. The molecule has 6 nitrogen and oxygen atoms in total. The minimum Gasteiger partial charge on any atom is -0.366 e. The van der Waals surface area contributed by atoms with Gasteiger partial charge in [-0.15, -0.1) is 0 Å². The average molecular weight is 389 g/mol. The van der Waals surface area contributed by atoms with Crippen molar-refractivity contribution in [3.05, 3.63) is 75.1 Å². The number of hydrogen-bond donors (Lipinski definition) is 2. The van der Waals surface area contributed by atoms with E-state index in [1.165, 1.54) is 16.7 Å². The van der Waals surface area contributed by atoms with E-state index in [0.717, 1.165) is 6.07 Å². The van der Waals surface area contributed by atoms with Gasteiger partial charge in [-0.3, -0.25) is 9.36 Å². The van der Waals surface area contributed by atoms with Crippen LogP contribution in [0.25, 0.3) is 10.9 Å². The monoisotopic (exact) mass is 389 g/mol. The molecule has 0 fully saturated rings. The molecule has 1 aliphatic heterocycles. The first-order chi connectivity index (χ1) is 13.9. The molecule has 0 saturated heterocycles. The first-order valence-electron chi connectivity index (χ1n) is 9.06. The predicted octanol–water partition coefficient (Wildman–Crippen LogP) is 1.82. The topological polar surface area (TPSA) is 99.1 Å². The highest BCUT2D eigenvalue weighted by Crippen LogP contribution is 2.21. The number of benzene rings is 2. The van der Waals surface area contributed by atoms with Gasteiger partial charge in [0.25, 0.3) is 5.56 Å². The molecule has 29 heavy (non-hydrogen) atoms. The Balaban J connectivity index is 1.76. The quantitative estimate of drug-likeness (QED) is 0.451. The van der Waals surface area contributed by atoms with Crippen molar-refractivity contribution < 1.29 is 14.6 Å². The predicted molar refractivity (Wildman–Crippen MR) is 103 cm³/mol. The van der Waals surface area contributed by atoms with Gasteiger partial charge in [0.05, 0.1) is 16.5 Å². The minimum atomic E-state index is -1.81. The summed E-state index contributed by atoms with van der Waals surface area (Å²) in [5.74, 6) is 3.97. The molecule has 0 atom stereocenters. The largest absolute Gasteiger partial charge is 0.366 e. The molecule has 1 aromatic heterocycles. The lowest BCUT2D eigenvalue weighted by Crippen LogP contribution is -2.29. The fourth-order valence-corrected chi connectivity index (χ4v) is 3.35. The second-order valence-corrected chi connectivity index (χ2v) is 7.00. The summed E-state index contributed by atoms with van der Waals surface area (Å²) >= 11 is 0. The number of fused-ring (bicyclic) bond motifs is 2. The lowest BCUT2D eigenvalue weighted by atomic mass is 10.1. The van der Waals surface area contributed by atoms with E-state index in [1.54, 1.807) is 18.2 Å². The third-order valence-corrected chi connectivity index (χ3v) is 4.96. The standard InChI is InChI=1S/C22H16FN3O3/c23-17-5-4-15(16(12-17)13-24)3-1-14-2-6-18-19(11-14)25-20-7-8-22(28,29)9-10-26(20)21(18)27/h2,4-6,11-12,28-29H,7-10H2. The van der Waals surface area contributed by atoms with Gasteiger partial charge >= 0.3 is 0 Å². The maximum atomic E-state index is 13.3. The first kappa shape index (κ1) is 18.8. The van der Waals surface area contributed by atoms with Crippen molar-refractivity contribution in [2.45, 2.75) is 31.6 Å². The van der Waals surface area contributed by atoms with Crippen LogP contribution in [0.5, 0.6) is 0 Å². The van der Waals surface area contributed by atoms with E-state index in [4.69, 9.17) is 5.26 Å². The summed E-state index contributed by atoms with van der Waals surface area (Å²) in [5, 5.41) is 29.3. The van der Waals surface area contributed by atoms with E-state index < -0.39 is 11.6 Å². The van der Waals surface area contributed by atoms with Crippen LogP contribution in [0.15, 0.2) is 41.2 Å². The number of aryl methyl sites for hydroxylation is 1. The highest BCUT2D eigenvalue weighted by molar-refractivity contribution is 5.79. The lowest BCUT2D eigenvalue weighted by molar-refractivity contribution is -0.169. The van der Waals surface area contributed by atoms with Gasteiger partial charge in [0, 0.05) is 36.9 Å². The average Bonchev–Trinajstić information content (AvgIpc) is 2.85. The zero-order chi connectivity index (χ0) is 20.6. The molecule has 0 saturated carbocycles. The number of halogens is 1. The summed E-state index contributed by atoms with van der Waals surface area (Å²) in [4.78, 5) is 17.3. The summed E-state index contributed by atoms with van der Waals surface area (Å²) in [6.07, 6.45) is 0.441. The number of aromatic nitrogens is 2. The Bertz CT molecular complexity index is 1290. The number of rotatable bonds is 0. The molecule has 0 unspecified atom stereocenters. The molecule has 0 aliphatic carbocycles. The third kappa shape index (κ3) is 3.74. The van der Waals surface area contributed by atoms with Gasteiger partial charge in [-0.05, 0) is 36.4 Å². The number of hydrogen-bond acceptors (Lipinski definition) is 5. The fraction of sp³-hybridized carbons (Fsp3) is 0.227. The van der Waals surface area contributed by atoms with E-state index in [0.29, 0.717) is 27.9 Å². The Morgan fingerprint density at radius 1 is 1.10 bits per heavy atom. The first-order valence-corrected chi connectivity index (χ1v) is 9.06. The van der Waals surface area contributed by atoms with Crippen LogP contribution in [0, 0.1) is 29.0 Å². The Hall–Kier alpha value is -3.52. The summed E-state index contributed by atoms with van der Waals surface area (Å²) < 4.78 is 14.7. The van der Waals surface area contributed by atoms with Crippen molar-refractivity contribution >= 4 is 10.9 Å². The van der Waals surface area contributed by atoms with Crippen molar-refractivity contribution in [2.24, 2.45) is 0 Å². The van der Waals surface area contributed by atoms with Crippen LogP contribution in [0.1, 0.15) is 35.4 Å². The third-order valence-electron chi connectivity index (χ3n) is 4.96. The molecule has 144 valence electrons. The van der Waals surface area contributed by atoms with Gasteiger partial charge in [0.1, 0.15) is 17.7 Å². The van der Waals surface area contributed by atoms with E-state index >= 15 is 0 Å². The summed E-state index contributed by atoms with van der Waals surface area (Å²) in [7, 11) is 0. The van der Waals surface area contributed by atoms with Gasteiger partial charge < -0.3 is 10.2 Å². The van der Waals surface area contributed by atoms with Crippen molar-refractivity contribution in [3.63, 3.8) is 0 Å². The van der Waals surface area contributed by atoms with E-state index in [9.17, 15) is 19.4 Å². The molecule has 0 spiro atoms. The Morgan fingerprint density at radius 3 is 2.72 bits per heavy atom. The highest BCUT2D eigenvalue weighted by atomic mass is 19.1. The van der Waals surface area contributed by atoms with Crippen LogP contribution >= 0.6 is 0 Å². The summed E-state index contributed by atoms with van der Waals surface area (Å²) in [6.45, 7) is 0.188.